The topological polar surface area (TPSA) is 54.0 Å². The normalized spacial score (nSPS) is 16.5. The van der Waals surface area contributed by atoms with Crippen LogP contribution in [0.4, 0.5) is 18.3 Å². The van der Waals surface area contributed by atoms with Crippen molar-refractivity contribution in [2.75, 3.05) is 18.4 Å². The molecule has 1 heterocycles. The van der Waals surface area contributed by atoms with Crippen molar-refractivity contribution in [3.05, 3.63) is 11.1 Å². The van der Waals surface area contributed by atoms with Gasteiger partial charge in [-0.2, -0.15) is 13.2 Å². The predicted octanol–water partition coefficient (Wildman–Crippen LogP) is 3.66. The number of carbonyl (C=O) groups is 1. The molecule has 1 fully saturated rings. The van der Waals surface area contributed by atoms with Crippen LogP contribution >= 0.6 is 11.3 Å². The Balaban J connectivity index is 1.62. The van der Waals surface area contributed by atoms with Crippen LogP contribution in [0.3, 0.4) is 0 Å². The minimum atomic E-state index is -4.36. The van der Waals surface area contributed by atoms with Gasteiger partial charge >= 0.3 is 6.18 Å². The molecule has 2 N–H and O–H groups in total. The second kappa shape index (κ2) is 7.80. The number of aromatic nitrogens is 1. The van der Waals surface area contributed by atoms with Gasteiger partial charge in [0.2, 0.25) is 5.91 Å². The molecule has 22 heavy (non-hydrogen) atoms. The molecule has 0 aliphatic heterocycles. The molecule has 1 aliphatic carbocycles. The van der Waals surface area contributed by atoms with Gasteiger partial charge in [-0.1, -0.05) is 30.6 Å². The molecule has 0 aromatic carbocycles. The van der Waals surface area contributed by atoms with Gasteiger partial charge in [0.25, 0.3) is 0 Å². The lowest BCUT2D eigenvalue weighted by Gasteiger charge is -2.20. The zero-order valence-corrected chi connectivity index (χ0v) is 13.0. The fourth-order valence-electron chi connectivity index (χ4n) is 2.58. The molecule has 0 radical (unpaired) electrons. The second-order valence-corrected chi connectivity index (χ2v) is 6.54. The Labute approximate surface area is 131 Å². The highest BCUT2D eigenvalue weighted by atomic mass is 32.1. The fraction of sp³-hybridized carbons (Fsp3) is 0.714. The molecule has 4 nitrogen and oxygen atoms in total. The molecule has 0 spiro atoms. The maximum Gasteiger partial charge on any atom is 0.427 e. The average Bonchev–Trinajstić information content (AvgIpc) is 2.94. The fourth-order valence-corrected chi connectivity index (χ4v) is 3.29. The Morgan fingerprint density at radius 2 is 2.00 bits per heavy atom. The van der Waals surface area contributed by atoms with E-state index in [9.17, 15) is 18.0 Å². The van der Waals surface area contributed by atoms with E-state index in [2.05, 4.69) is 15.6 Å². The Morgan fingerprint density at radius 1 is 1.27 bits per heavy atom. The van der Waals surface area contributed by atoms with E-state index in [1.165, 1.54) is 19.3 Å². The van der Waals surface area contributed by atoms with Crippen LogP contribution in [-0.2, 0) is 11.0 Å². The Kier molecular flexibility index (Phi) is 6.05. The zero-order valence-electron chi connectivity index (χ0n) is 12.2. The molecule has 0 atom stereocenters. The van der Waals surface area contributed by atoms with Crippen molar-refractivity contribution < 1.29 is 18.0 Å². The van der Waals surface area contributed by atoms with Gasteiger partial charge in [-0.15, -0.1) is 0 Å². The van der Waals surface area contributed by atoms with Crippen molar-refractivity contribution in [1.29, 1.82) is 0 Å². The number of alkyl halides is 3. The number of hydrogen-bond donors (Lipinski definition) is 2. The van der Waals surface area contributed by atoms with Crippen LogP contribution in [0, 0.1) is 5.92 Å². The van der Waals surface area contributed by atoms with E-state index >= 15 is 0 Å². The van der Waals surface area contributed by atoms with Crippen molar-refractivity contribution in [3.8, 4) is 0 Å². The molecule has 1 aliphatic rings. The minimum absolute atomic E-state index is 0.0174. The van der Waals surface area contributed by atoms with Crippen molar-refractivity contribution in [3.63, 3.8) is 0 Å². The molecule has 0 unspecified atom stereocenters. The van der Waals surface area contributed by atoms with E-state index in [-0.39, 0.29) is 11.0 Å². The van der Waals surface area contributed by atoms with Gasteiger partial charge in [0, 0.05) is 19.5 Å². The van der Waals surface area contributed by atoms with Gasteiger partial charge in [-0.3, -0.25) is 4.79 Å². The summed E-state index contributed by atoms with van der Waals surface area (Å²) in [7, 11) is 0. The van der Waals surface area contributed by atoms with E-state index in [0.29, 0.717) is 36.8 Å². The summed E-state index contributed by atoms with van der Waals surface area (Å²) in [5.41, 5.74) is 0. The van der Waals surface area contributed by atoms with Gasteiger partial charge in [0.05, 0.1) is 6.20 Å². The molecule has 2 rings (SSSR count). The largest absolute Gasteiger partial charge is 0.427 e. The number of amides is 1. The Bertz CT molecular complexity index is 484. The highest BCUT2D eigenvalue weighted by molar-refractivity contribution is 7.15. The lowest BCUT2D eigenvalue weighted by Crippen LogP contribution is -2.30. The maximum atomic E-state index is 12.4. The van der Waals surface area contributed by atoms with Crippen LogP contribution in [-0.4, -0.2) is 24.0 Å². The number of thiazole rings is 1. The number of anilines is 1. The van der Waals surface area contributed by atoms with Crippen LogP contribution in [0.1, 0.15) is 43.4 Å². The van der Waals surface area contributed by atoms with E-state index < -0.39 is 11.1 Å². The summed E-state index contributed by atoms with van der Waals surface area (Å²) in [5, 5.41) is 5.80. The number of rotatable bonds is 6. The SMILES string of the molecule is O=C(CC1CCCCC1)NCCNc1ncc(C(F)(F)F)s1. The first-order valence-electron chi connectivity index (χ1n) is 7.49. The van der Waals surface area contributed by atoms with Gasteiger partial charge in [-0.05, 0) is 18.8 Å². The third-order valence-electron chi connectivity index (χ3n) is 3.71. The van der Waals surface area contributed by atoms with Crippen LogP contribution in [0.5, 0.6) is 0 Å². The smallest absolute Gasteiger partial charge is 0.360 e. The van der Waals surface area contributed by atoms with Crippen LogP contribution in [0.15, 0.2) is 6.20 Å². The zero-order chi connectivity index (χ0) is 16.0. The quantitative estimate of drug-likeness (QED) is 0.780. The molecule has 0 bridgehead atoms. The van der Waals surface area contributed by atoms with Crippen LogP contribution in [0.25, 0.3) is 0 Å². The molecular weight excluding hydrogens is 315 g/mol. The highest BCUT2D eigenvalue weighted by Gasteiger charge is 2.33. The molecule has 1 aromatic heterocycles. The van der Waals surface area contributed by atoms with Crippen molar-refractivity contribution in [1.82, 2.24) is 10.3 Å². The van der Waals surface area contributed by atoms with Gasteiger partial charge in [0.1, 0.15) is 4.88 Å². The third kappa shape index (κ3) is 5.47. The summed E-state index contributed by atoms with van der Waals surface area (Å²) in [6, 6.07) is 0. The molecule has 1 aromatic rings. The van der Waals surface area contributed by atoms with Crippen molar-refractivity contribution in [2.45, 2.75) is 44.7 Å². The molecule has 124 valence electrons. The maximum absolute atomic E-state index is 12.4. The summed E-state index contributed by atoms with van der Waals surface area (Å²) in [6.45, 7) is 0.744. The highest BCUT2D eigenvalue weighted by Crippen LogP contribution is 2.34. The van der Waals surface area contributed by atoms with E-state index in [1.54, 1.807) is 0 Å². The first-order valence-corrected chi connectivity index (χ1v) is 8.30. The molecule has 0 saturated heterocycles. The van der Waals surface area contributed by atoms with E-state index in [4.69, 9.17) is 0 Å². The predicted molar refractivity (Wildman–Crippen MR) is 79.8 cm³/mol. The number of halogens is 3. The first kappa shape index (κ1) is 17.1. The van der Waals surface area contributed by atoms with Crippen molar-refractivity contribution >= 4 is 22.4 Å². The summed E-state index contributed by atoms with van der Waals surface area (Å²) in [6.07, 6.45) is 2.90. The first-order chi connectivity index (χ1) is 10.4. The Morgan fingerprint density at radius 3 is 2.64 bits per heavy atom. The lowest BCUT2D eigenvalue weighted by atomic mass is 9.87. The number of carbonyl (C=O) groups excluding carboxylic acids is 1. The minimum Gasteiger partial charge on any atom is -0.360 e. The third-order valence-corrected chi connectivity index (χ3v) is 4.71. The monoisotopic (exact) mass is 335 g/mol. The van der Waals surface area contributed by atoms with E-state index in [0.717, 1.165) is 19.0 Å². The van der Waals surface area contributed by atoms with Gasteiger partial charge in [-0.25, -0.2) is 4.98 Å². The average molecular weight is 335 g/mol. The van der Waals surface area contributed by atoms with Crippen molar-refractivity contribution in [2.24, 2.45) is 5.92 Å². The standard InChI is InChI=1S/C14H20F3N3OS/c15-14(16,17)11-9-20-13(22-11)19-7-6-18-12(21)8-10-4-2-1-3-5-10/h9-10H,1-8H2,(H,18,21)(H,19,20). The number of hydrogen-bond acceptors (Lipinski definition) is 4. The molecule has 1 amide bonds. The molecule has 1 saturated carbocycles. The summed E-state index contributed by atoms with van der Waals surface area (Å²) in [5.74, 6) is 0.499. The van der Waals surface area contributed by atoms with Gasteiger partial charge < -0.3 is 10.6 Å². The van der Waals surface area contributed by atoms with Gasteiger partial charge in [0.15, 0.2) is 5.13 Å². The van der Waals surface area contributed by atoms with Crippen LogP contribution in [0.2, 0.25) is 0 Å². The summed E-state index contributed by atoms with van der Waals surface area (Å²) >= 11 is 0.567. The van der Waals surface area contributed by atoms with E-state index in [1.807, 2.05) is 0 Å². The molecule has 8 heteroatoms. The second-order valence-electron chi connectivity index (χ2n) is 5.51. The lowest BCUT2D eigenvalue weighted by molar-refractivity contribution is -0.134. The number of nitrogens with zero attached hydrogens (tertiary/aromatic N) is 1. The van der Waals surface area contributed by atoms with Crippen LogP contribution < -0.4 is 10.6 Å². The molecular formula is C14H20F3N3OS. The summed E-state index contributed by atoms with van der Waals surface area (Å²) < 4.78 is 37.2. The Hall–Kier alpha value is -1.31. The summed E-state index contributed by atoms with van der Waals surface area (Å²) in [4.78, 5) is 14.7. The number of nitrogens with one attached hydrogen (secondary N) is 2.